The van der Waals surface area contributed by atoms with E-state index in [1.54, 1.807) is 0 Å². The maximum Gasteiger partial charge on any atom is 0.0789 e. The number of hydrogen-bond acceptors (Lipinski definition) is 3. The van der Waals surface area contributed by atoms with Crippen LogP contribution >= 0.6 is 0 Å². The first-order valence-corrected chi connectivity index (χ1v) is 5.52. The molecule has 3 nitrogen and oxygen atoms in total. The summed E-state index contributed by atoms with van der Waals surface area (Å²) in [6.45, 7) is 3.88. The summed E-state index contributed by atoms with van der Waals surface area (Å²) in [5, 5.41) is 0. The molecule has 1 rings (SSSR count). The smallest absolute Gasteiger partial charge is 0.0789 e. The Bertz CT molecular complexity index is 175. The number of ether oxygens (including phenoxy) is 1. The van der Waals surface area contributed by atoms with E-state index in [9.17, 15) is 8.76 Å². The van der Waals surface area contributed by atoms with E-state index in [1.165, 1.54) is 0 Å². The van der Waals surface area contributed by atoms with Crippen LogP contribution in [-0.2, 0) is 15.8 Å². The first-order chi connectivity index (χ1) is 5.54. The molecule has 0 N–H and O–H groups in total. The van der Waals surface area contributed by atoms with Crippen molar-refractivity contribution in [2.24, 2.45) is 0 Å². The monoisotopic (exact) mass is 191 g/mol. The molecule has 1 atom stereocenters. The van der Waals surface area contributed by atoms with Crippen LogP contribution in [0.4, 0.5) is 0 Å². The lowest BCUT2D eigenvalue weighted by atomic mass is 9.81. The minimum atomic E-state index is -1.98. The highest BCUT2D eigenvalue weighted by Gasteiger charge is 2.38. The maximum absolute atomic E-state index is 10.5. The van der Waals surface area contributed by atoms with Crippen LogP contribution in [0.5, 0.6) is 0 Å². The van der Waals surface area contributed by atoms with E-state index in [4.69, 9.17) is 4.74 Å². The summed E-state index contributed by atoms with van der Waals surface area (Å²) in [6, 6.07) is 0. The van der Waals surface area contributed by atoms with Gasteiger partial charge in [-0.15, -0.1) is 0 Å². The van der Waals surface area contributed by atoms with Gasteiger partial charge in [0.1, 0.15) is 0 Å². The standard InChI is InChI=1S/C8H16O3S/c1-7(2)11-8(4-3-5-8)6-12(9)10/h7H,3-6H2,1-2H3,(H,9,10)/p-1. The molecular weight excluding hydrogens is 176 g/mol. The van der Waals surface area contributed by atoms with Crippen LogP contribution in [0.1, 0.15) is 33.1 Å². The summed E-state index contributed by atoms with van der Waals surface area (Å²) in [5.74, 6) is 0.158. The molecule has 0 aromatic carbocycles. The topological polar surface area (TPSA) is 49.4 Å². The van der Waals surface area contributed by atoms with Gasteiger partial charge in [-0.1, -0.05) is 11.1 Å². The Morgan fingerprint density at radius 3 is 2.42 bits per heavy atom. The van der Waals surface area contributed by atoms with Gasteiger partial charge >= 0.3 is 0 Å². The molecule has 1 aliphatic carbocycles. The summed E-state index contributed by atoms with van der Waals surface area (Å²) in [6.07, 6.45) is 2.98. The van der Waals surface area contributed by atoms with E-state index >= 15 is 0 Å². The van der Waals surface area contributed by atoms with Gasteiger partial charge in [-0.3, -0.25) is 4.21 Å². The lowest BCUT2D eigenvalue weighted by Gasteiger charge is -2.43. The number of rotatable bonds is 4. The Hall–Kier alpha value is 0.0700. The highest BCUT2D eigenvalue weighted by molar-refractivity contribution is 7.79. The van der Waals surface area contributed by atoms with Crippen LogP contribution in [0.15, 0.2) is 0 Å². The molecule has 1 unspecified atom stereocenters. The van der Waals surface area contributed by atoms with Crippen molar-refractivity contribution in [3.63, 3.8) is 0 Å². The zero-order valence-electron chi connectivity index (χ0n) is 7.54. The third-order valence-corrected chi connectivity index (χ3v) is 2.89. The fourth-order valence-corrected chi connectivity index (χ4v) is 2.37. The van der Waals surface area contributed by atoms with Crippen molar-refractivity contribution >= 4 is 11.1 Å². The quantitative estimate of drug-likeness (QED) is 0.628. The zero-order valence-corrected chi connectivity index (χ0v) is 8.36. The van der Waals surface area contributed by atoms with Crippen LogP contribution < -0.4 is 0 Å². The maximum atomic E-state index is 10.5. The lowest BCUT2D eigenvalue weighted by molar-refractivity contribution is -0.112. The molecule has 0 radical (unpaired) electrons. The normalized spacial score (nSPS) is 23.7. The summed E-state index contributed by atoms with van der Waals surface area (Å²) >= 11 is -1.98. The zero-order chi connectivity index (χ0) is 9.19. The van der Waals surface area contributed by atoms with Gasteiger partial charge in [0.2, 0.25) is 0 Å². The molecule has 0 aliphatic heterocycles. The van der Waals surface area contributed by atoms with Gasteiger partial charge in [0, 0.05) is 5.75 Å². The van der Waals surface area contributed by atoms with Crippen molar-refractivity contribution in [1.82, 2.24) is 0 Å². The van der Waals surface area contributed by atoms with E-state index in [0.717, 1.165) is 19.3 Å². The second kappa shape index (κ2) is 3.85. The first kappa shape index (κ1) is 10.2. The van der Waals surface area contributed by atoms with Crippen LogP contribution in [0.3, 0.4) is 0 Å². The Morgan fingerprint density at radius 2 is 2.17 bits per heavy atom. The van der Waals surface area contributed by atoms with Gasteiger partial charge in [0.15, 0.2) is 0 Å². The molecule has 1 fully saturated rings. The fraction of sp³-hybridized carbons (Fsp3) is 1.00. The van der Waals surface area contributed by atoms with Crippen LogP contribution in [0, 0.1) is 0 Å². The van der Waals surface area contributed by atoms with Crippen molar-refractivity contribution in [1.29, 1.82) is 0 Å². The molecule has 0 aromatic heterocycles. The van der Waals surface area contributed by atoms with Gasteiger partial charge in [-0.2, -0.15) is 0 Å². The Labute approximate surface area is 75.8 Å². The van der Waals surface area contributed by atoms with Gasteiger partial charge < -0.3 is 9.29 Å². The molecule has 12 heavy (non-hydrogen) atoms. The molecule has 0 amide bonds. The third kappa shape index (κ3) is 2.54. The van der Waals surface area contributed by atoms with Gasteiger partial charge in [-0.05, 0) is 33.1 Å². The molecule has 0 spiro atoms. The van der Waals surface area contributed by atoms with Crippen LogP contribution in [0.2, 0.25) is 0 Å². The highest BCUT2D eigenvalue weighted by Crippen LogP contribution is 2.37. The van der Waals surface area contributed by atoms with Crippen molar-refractivity contribution < 1.29 is 13.5 Å². The van der Waals surface area contributed by atoms with E-state index in [2.05, 4.69) is 0 Å². The van der Waals surface area contributed by atoms with Crippen molar-refractivity contribution in [3.05, 3.63) is 0 Å². The number of hydrogen-bond donors (Lipinski definition) is 0. The lowest BCUT2D eigenvalue weighted by Crippen LogP contribution is -2.46. The average Bonchev–Trinajstić information content (AvgIpc) is 1.80. The van der Waals surface area contributed by atoms with Gasteiger partial charge in [-0.25, -0.2) is 0 Å². The predicted octanol–water partition coefficient (Wildman–Crippen LogP) is 1.21. The molecule has 4 heteroatoms. The minimum absolute atomic E-state index is 0.119. The van der Waals surface area contributed by atoms with E-state index < -0.39 is 11.1 Å². The summed E-state index contributed by atoms with van der Waals surface area (Å²) < 4.78 is 26.6. The largest absolute Gasteiger partial charge is 0.772 e. The van der Waals surface area contributed by atoms with Gasteiger partial charge in [0.05, 0.1) is 11.7 Å². The SMILES string of the molecule is CC(C)OC1(CS(=O)[O-])CCC1. The van der Waals surface area contributed by atoms with E-state index in [-0.39, 0.29) is 17.5 Å². The van der Waals surface area contributed by atoms with Crippen molar-refractivity contribution in [2.75, 3.05) is 5.75 Å². The van der Waals surface area contributed by atoms with E-state index in [0.29, 0.717) is 0 Å². The minimum Gasteiger partial charge on any atom is -0.772 e. The first-order valence-electron chi connectivity index (χ1n) is 4.28. The van der Waals surface area contributed by atoms with Crippen LogP contribution in [-0.4, -0.2) is 26.2 Å². The fourth-order valence-electron chi connectivity index (χ4n) is 1.58. The molecule has 0 aromatic rings. The second-order valence-corrected chi connectivity index (χ2v) is 4.55. The third-order valence-electron chi connectivity index (χ3n) is 2.13. The van der Waals surface area contributed by atoms with Gasteiger partial charge in [0.25, 0.3) is 0 Å². The van der Waals surface area contributed by atoms with Crippen molar-refractivity contribution in [3.8, 4) is 0 Å². The summed E-state index contributed by atoms with van der Waals surface area (Å²) in [5.41, 5.74) is -0.346. The molecule has 1 saturated carbocycles. The Morgan fingerprint density at radius 1 is 1.58 bits per heavy atom. The molecule has 0 bridgehead atoms. The molecule has 1 aliphatic rings. The molecule has 0 heterocycles. The van der Waals surface area contributed by atoms with Crippen LogP contribution in [0.25, 0.3) is 0 Å². The van der Waals surface area contributed by atoms with E-state index in [1.807, 2.05) is 13.8 Å². The molecule has 0 saturated heterocycles. The Kier molecular flexibility index (Phi) is 3.26. The summed E-state index contributed by atoms with van der Waals surface area (Å²) in [4.78, 5) is 0. The molecule has 72 valence electrons. The predicted molar refractivity (Wildman–Crippen MR) is 46.6 cm³/mol. The highest BCUT2D eigenvalue weighted by atomic mass is 32.2. The second-order valence-electron chi connectivity index (χ2n) is 3.65. The average molecular weight is 191 g/mol. The Balaban J connectivity index is 2.45. The van der Waals surface area contributed by atoms with Crippen molar-refractivity contribution in [2.45, 2.75) is 44.8 Å². The molecular formula is C8H15O3S-. The summed E-state index contributed by atoms with van der Waals surface area (Å²) in [7, 11) is 0.